The van der Waals surface area contributed by atoms with Gasteiger partial charge in [0.2, 0.25) is 0 Å². The topological polar surface area (TPSA) is 37.4 Å². The predicted molar refractivity (Wildman–Crippen MR) is 99.7 cm³/mol. The van der Waals surface area contributed by atoms with Crippen LogP contribution in [-0.4, -0.2) is 42.7 Å². The van der Waals surface area contributed by atoms with E-state index in [1.165, 1.54) is 10.3 Å². The van der Waals surface area contributed by atoms with Gasteiger partial charge in [-0.2, -0.15) is 0 Å². The van der Waals surface area contributed by atoms with Crippen LogP contribution in [0.1, 0.15) is 11.6 Å². The molecule has 1 unspecified atom stereocenters. The Kier molecular flexibility index (Phi) is 4.74. The third kappa shape index (κ3) is 3.43. The molecule has 0 saturated carbocycles. The quantitative estimate of drug-likeness (QED) is 0.767. The molecule has 2 heterocycles. The molecule has 1 fully saturated rings. The molecule has 1 atom stereocenters. The molecule has 4 rings (SSSR count). The fraction of sp³-hybridized carbons (Fsp3) is 0.316. The lowest BCUT2D eigenvalue weighted by Crippen LogP contribution is -2.41. The number of para-hydroxylation sites is 1. The zero-order valence-corrected chi connectivity index (χ0v) is 14.3. The van der Waals surface area contributed by atoms with Crippen molar-refractivity contribution in [2.75, 3.05) is 38.2 Å². The Morgan fingerprint density at radius 2 is 1.79 bits per heavy atom. The van der Waals surface area contributed by atoms with Crippen LogP contribution in [0.5, 0.6) is 0 Å². The van der Waals surface area contributed by atoms with Crippen LogP contribution in [-0.2, 0) is 4.74 Å². The Morgan fingerprint density at radius 1 is 1.04 bits per heavy atom. The number of hydrogen-bond donors (Lipinski definition) is 1. The summed E-state index contributed by atoms with van der Waals surface area (Å²) in [6.07, 6.45) is 0. The summed E-state index contributed by atoms with van der Waals surface area (Å²) in [4.78, 5) is 7.19. The van der Waals surface area contributed by atoms with Gasteiger partial charge < -0.3 is 10.1 Å². The number of fused-ring (bicyclic) bond motifs is 1. The van der Waals surface area contributed by atoms with E-state index in [0.717, 1.165) is 43.5 Å². The number of anilines is 1. The predicted octanol–water partition coefficient (Wildman–Crippen LogP) is 3.78. The molecule has 3 aromatic rings. The largest absolute Gasteiger partial charge is 0.379 e. The van der Waals surface area contributed by atoms with Gasteiger partial charge in [0.1, 0.15) is 0 Å². The number of aromatic nitrogens is 1. The Bertz CT molecular complexity index is 750. The van der Waals surface area contributed by atoms with Crippen molar-refractivity contribution in [3.63, 3.8) is 0 Å². The van der Waals surface area contributed by atoms with Crippen LogP contribution in [0.4, 0.5) is 5.13 Å². The molecule has 1 aromatic heterocycles. The van der Waals surface area contributed by atoms with Gasteiger partial charge >= 0.3 is 0 Å². The number of morpholine rings is 1. The lowest BCUT2D eigenvalue weighted by atomic mass is 10.0. The number of hydrogen-bond acceptors (Lipinski definition) is 5. The summed E-state index contributed by atoms with van der Waals surface area (Å²) in [6.45, 7) is 4.42. The van der Waals surface area contributed by atoms with E-state index in [2.05, 4.69) is 63.7 Å². The first kappa shape index (κ1) is 15.6. The smallest absolute Gasteiger partial charge is 0.183 e. The summed E-state index contributed by atoms with van der Waals surface area (Å²) in [7, 11) is 0. The van der Waals surface area contributed by atoms with Crippen molar-refractivity contribution < 1.29 is 4.74 Å². The lowest BCUT2D eigenvalue weighted by molar-refractivity contribution is 0.0187. The molecular formula is C19H21N3OS. The van der Waals surface area contributed by atoms with Crippen LogP contribution in [0.3, 0.4) is 0 Å². The van der Waals surface area contributed by atoms with Gasteiger partial charge in [-0.15, -0.1) is 0 Å². The molecule has 4 nitrogen and oxygen atoms in total. The van der Waals surface area contributed by atoms with Gasteiger partial charge in [-0.3, -0.25) is 4.90 Å². The zero-order chi connectivity index (χ0) is 16.2. The van der Waals surface area contributed by atoms with Crippen molar-refractivity contribution in [1.29, 1.82) is 0 Å². The van der Waals surface area contributed by atoms with E-state index in [9.17, 15) is 0 Å². The highest BCUT2D eigenvalue weighted by molar-refractivity contribution is 7.22. The van der Waals surface area contributed by atoms with Crippen molar-refractivity contribution in [3.05, 3.63) is 60.2 Å². The third-order valence-corrected chi connectivity index (χ3v) is 5.41. The molecule has 0 bridgehead atoms. The maximum atomic E-state index is 5.52. The lowest BCUT2D eigenvalue weighted by Gasteiger charge is -2.34. The molecule has 0 spiro atoms. The first-order chi connectivity index (χ1) is 11.9. The van der Waals surface area contributed by atoms with Crippen LogP contribution < -0.4 is 5.32 Å². The Labute approximate surface area is 146 Å². The highest BCUT2D eigenvalue weighted by atomic mass is 32.1. The number of ether oxygens (including phenoxy) is 1. The molecule has 0 amide bonds. The molecule has 1 N–H and O–H groups in total. The van der Waals surface area contributed by atoms with E-state index in [1.807, 2.05) is 6.07 Å². The summed E-state index contributed by atoms with van der Waals surface area (Å²) in [5.41, 5.74) is 2.40. The molecule has 1 aliphatic rings. The maximum Gasteiger partial charge on any atom is 0.183 e. The monoisotopic (exact) mass is 339 g/mol. The van der Waals surface area contributed by atoms with Gasteiger partial charge in [-0.1, -0.05) is 53.8 Å². The van der Waals surface area contributed by atoms with E-state index < -0.39 is 0 Å². The van der Waals surface area contributed by atoms with Gasteiger partial charge in [0.15, 0.2) is 5.13 Å². The minimum absolute atomic E-state index is 0.335. The molecule has 24 heavy (non-hydrogen) atoms. The SMILES string of the molecule is c1ccc(C(CNc2nc3ccccc3s2)N2CCOCC2)cc1. The number of nitrogens with one attached hydrogen (secondary N) is 1. The Hall–Kier alpha value is -1.95. The first-order valence-electron chi connectivity index (χ1n) is 8.36. The van der Waals surface area contributed by atoms with Crippen molar-refractivity contribution in [1.82, 2.24) is 9.88 Å². The second-order valence-electron chi connectivity index (χ2n) is 5.94. The maximum absolute atomic E-state index is 5.52. The molecule has 0 aliphatic carbocycles. The Morgan fingerprint density at radius 3 is 2.58 bits per heavy atom. The number of rotatable bonds is 5. The van der Waals surface area contributed by atoms with Gasteiger partial charge in [0, 0.05) is 19.6 Å². The van der Waals surface area contributed by atoms with Crippen LogP contribution in [0, 0.1) is 0 Å². The van der Waals surface area contributed by atoms with Crippen molar-refractivity contribution in [2.45, 2.75) is 6.04 Å². The summed E-state index contributed by atoms with van der Waals surface area (Å²) >= 11 is 1.72. The number of benzene rings is 2. The molecule has 124 valence electrons. The van der Waals surface area contributed by atoms with Crippen molar-refractivity contribution in [3.8, 4) is 0 Å². The van der Waals surface area contributed by atoms with Gasteiger partial charge in [-0.05, 0) is 17.7 Å². The standard InChI is InChI=1S/C19H21N3OS/c1-2-6-15(7-3-1)17(22-10-12-23-13-11-22)14-20-19-21-16-8-4-5-9-18(16)24-19/h1-9,17H,10-14H2,(H,20,21). The molecule has 0 radical (unpaired) electrons. The molecule has 1 saturated heterocycles. The van der Waals surface area contributed by atoms with Gasteiger partial charge in [0.25, 0.3) is 0 Å². The molecule has 2 aromatic carbocycles. The Balaban J connectivity index is 1.52. The minimum atomic E-state index is 0.335. The van der Waals surface area contributed by atoms with Gasteiger partial charge in [-0.25, -0.2) is 4.98 Å². The van der Waals surface area contributed by atoms with E-state index in [1.54, 1.807) is 11.3 Å². The second-order valence-corrected chi connectivity index (χ2v) is 6.97. The fourth-order valence-corrected chi connectivity index (χ4v) is 4.03. The van der Waals surface area contributed by atoms with Crippen molar-refractivity contribution >= 4 is 26.7 Å². The number of nitrogens with zero attached hydrogens (tertiary/aromatic N) is 2. The highest BCUT2D eigenvalue weighted by Gasteiger charge is 2.22. The summed E-state index contributed by atoms with van der Waals surface area (Å²) in [5.74, 6) is 0. The molecular weight excluding hydrogens is 318 g/mol. The third-order valence-electron chi connectivity index (χ3n) is 4.41. The summed E-state index contributed by atoms with van der Waals surface area (Å²) in [5, 5.41) is 4.55. The molecule has 1 aliphatic heterocycles. The van der Waals surface area contributed by atoms with Gasteiger partial charge in [0.05, 0.1) is 29.5 Å². The van der Waals surface area contributed by atoms with Crippen LogP contribution in [0.2, 0.25) is 0 Å². The minimum Gasteiger partial charge on any atom is -0.379 e. The normalized spacial score (nSPS) is 17.0. The second kappa shape index (κ2) is 7.30. The zero-order valence-electron chi connectivity index (χ0n) is 13.5. The number of thiazole rings is 1. The van der Waals surface area contributed by atoms with Crippen molar-refractivity contribution in [2.24, 2.45) is 0 Å². The molecule has 5 heteroatoms. The van der Waals surface area contributed by atoms with E-state index in [4.69, 9.17) is 4.74 Å². The van der Waals surface area contributed by atoms with Crippen LogP contribution >= 0.6 is 11.3 Å². The van der Waals surface area contributed by atoms with E-state index in [0.29, 0.717) is 6.04 Å². The average Bonchev–Trinajstić information content (AvgIpc) is 3.07. The van der Waals surface area contributed by atoms with E-state index >= 15 is 0 Å². The van der Waals surface area contributed by atoms with Crippen LogP contribution in [0.25, 0.3) is 10.2 Å². The average molecular weight is 339 g/mol. The van der Waals surface area contributed by atoms with E-state index in [-0.39, 0.29) is 0 Å². The summed E-state index contributed by atoms with van der Waals surface area (Å²) in [6, 6.07) is 19.3. The fourth-order valence-electron chi connectivity index (χ4n) is 3.15. The first-order valence-corrected chi connectivity index (χ1v) is 9.18. The summed E-state index contributed by atoms with van der Waals surface area (Å²) < 4.78 is 6.74. The highest BCUT2D eigenvalue weighted by Crippen LogP contribution is 2.27. The van der Waals surface area contributed by atoms with Crippen LogP contribution in [0.15, 0.2) is 54.6 Å².